The first-order valence-electron chi connectivity index (χ1n) is 3.48. The fraction of sp³-hybridized carbons (Fsp3) is 0.800. The molecular weight excluding hydrogens is 166 g/mol. The van der Waals surface area contributed by atoms with Crippen LogP contribution in [0.4, 0.5) is 0 Å². The summed E-state index contributed by atoms with van der Waals surface area (Å²) in [6.45, 7) is 0.310. The Labute approximate surface area is 68.0 Å². The van der Waals surface area contributed by atoms with Crippen LogP contribution in [0.1, 0.15) is 12.8 Å². The van der Waals surface area contributed by atoms with Crippen molar-refractivity contribution in [3.05, 3.63) is 5.21 Å². The topological polar surface area (TPSA) is 99.2 Å². The van der Waals surface area contributed by atoms with Gasteiger partial charge < -0.3 is 15.5 Å². The van der Waals surface area contributed by atoms with Gasteiger partial charge in [0.1, 0.15) is 0 Å². The van der Waals surface area contributed by atoms with E-state index in [1.54, 1.807) is 0 Å². The molecule has 68 valence electrons. The van der Waals surface area contributed by atoms with Crippen LogP contribution in [0, 0.1) is 5.21 Å². The van der Waals surface area contributed by atoms with Gasteiger partial charge in [-0.1, -0.05) is 0 Å². The number of carboxylic acid groups (broad SMARTS) is 1. The van der Waals surface area contributed by atoms with Crippen LogP contribution < -0.4 is 0 Å². The van der Waals surface area contributed by atoms with Crippen LogP contribution >= 0.6 is 0 Å². The number of nitrogens with zero attached hydrogens (tertiary/aromatic N) is 3. The number of hydrazine groups is 1. The summed E-state index contributed by atoms with van der Waals surface area (Å²) < 4.78 is 0. The average molecular weight is 175 g/mol. The van der Waals surface area contributed by atoms with Gasteiger partial charge in [0, 0.05) is 0 Å². The lowest BCUT2D eigenvalue weighted by Gasteiger charge is -2.15. The van der Waals surface area contributed by atoms with Gasteiger partial charge in [-0.3, -0.25) is 0 Å². The molecule has 0 saturated carbocycles. The molecule has 1 aliphatic heterocycles. The summed E-state index contributed by atoms with van der Waals surface area (Å²) in [6.07, 6.45) is 1.02. The Morgan fingerprint density at radius 3 is 2.92 bits per heavy atom. The molecule has 0 unspecified atom stereocenters. The molecule has 1 atom stereocenters. The van der Waals surface area contributed by atoms with E-state index >= 15 is 0 Å². The molecular formula is C5H9N3O4. The van der Waals surface area contributed by atoms with Gasteiger partial charge in [0.2, 0.25) is 5.28 Å². The van der Waals surface area contributed by atoms with Crippen LogP contribution in [0.2, 0.25) is 0 Å². The normalized spacial score (nSPS) is 24.5. The van der Waals surface area contributed by atoms with Crippen LogP contribution in [0.5, 0.6) is 0 Å². The Bertz CT molecular complexity index is 217. The van der Waals surface area contributed by atoms with Crippen molar-refractivity contribution in [1.29, 1.82) is 0 Å². The summed E-state index contributed by atoms with van der Waals surface area (Å²) in [4.78, 5) is 10.4. The highest BCUT2D eigenvalue weighted by molar-refractivity contribution is 5.73. The Hall–Kier alpha value is -1.53. The smallest absolute Gasteiger partial charge is 0.332 e. The molecule has 7 heteroatoms. The molecule has 0 aromatic rings. The number of carboxylic acids is 1. The monoisotopic (exact) mass is 175 g/mol. The third-order valence-electron chi connectivity index (χ3n) is 1.81. The molecule has 0 aliphatic carbocycles. The van der Waals surface area contributed by atoms with Crippen molar-refractivity contribution in [2.45, 2.75) is 18.9 Å². The Balaban J connectivity index is 2.70. The van der Waals surface area contributed by atoms with E-state index < -0.39 is 12.0 Å². The second kappa shape index (κ2) is 3.24. The lowest BCUT2D eigenvalue weighted by atomic mass is 10.2. The molecule has 1 heterocycles. The molecule has 0 spiro atoms. The van der Waals surface area contributed by atoms with Crippen molar-refractivity contribution < 1.29 is 20.1 Å². The SMILES string of the molecule is O=C(O)[C@H]1CCCN1/[N+]([O-])=N/O. The summed E-state index contributed by atoms with van der Waals surface area (Å²) in [7, 11) is 0. The Kier molecular flexibility index (Phi) is 2.32. The highest BCUT2D eigenvalue weighted by atomic mass is 16.6. The second-order valence-corrected chi connectivity index (χ2v) is 2.50. The Morgan fingerprint density at radius 1 is 1.75 bits per heavy atom. The van der Waals surface area contributed by atoms with Gasteiger partial charge in [0.25, 0.3) is 0 Å². The van der Waals surface area contributed by atoms with E-state index in [4.69, 9.17) is 10.3 Å². The van der Waals surface area contributed by atoms with Gasteiger partial charge in [-0.05, 0) is 12.8 Å². The summed E-state index contributed by atoms with van der Waals surface area (Å²) in [6, 6.07) is -0.863. The summed E-state index contributed by atoms with van der Waals surface area (Å²) in [5.74, 6) is -1.07. The van der Waals surface area contributed by atoms with Gasteiger partial charge in [-0.15, -0.1) is 5.01 Å². The maximum absolute atomic E-state index is 10.7. The minimum absolute atomic E-state index is 0.0915. The number of hydrogen-bond acceptors (Lipinski definition) is 3. The number of hydrogen-bond donors (Lipinski definition) is 2. The molecule has 1 rings (SSSR count). The molecule has 0 aromatic heterocycles. The predicted octanol–water partition coefficient (Wildman–Crippen LogP) is -0.198. The van der Waals surface area contributed by atoms with Crippen LogP contribution in [-0.2, 0) is 4.79 Å². The first-order valence-corrected chi connectivity index (χ1v) is 3.48. The fourth-order valence-electron chi connectivity index (χ4n) is 1.26. The molecule has 1 aliphatic rings. The van der Waals surface area contributed by atoms with E-state index in [0.717, 1.165) is 5.01 Å². The first-order chi connectivity index (χ1) is 5.66. The average Bonchev–Trinajstić information content (AvgIpc) is 2.50. The van der Waals surface area contributed by atoms with Crippen LogP contribution in [0.15, 0.2) is 5.28 Å². The van der Waals surface area contributed by atoms with Crippen LogP contribution in [0.3, 0.4) is 0 Å². The van der Waals surface area contributed by atoms with E-state index in [9.17, 15) is 10.0 Å². The number of rotatable bonds is 2. The summed E-state index contributed by atoms with van der Waals surface area (Å²) in [5.41, 5.74) is 0. The van der Waals surface area contributed by atoms with Gasteiger partial charge in [0.05, 0.1) is 11.5 Å². The molecule has 0 aromatic carbocycles. The zero-order chi connectivity index (χ0) is 9.14. The van der Waals surface area contributed by atoms with E-state index in [1.165, 1.54) is 0 Å². The highest BCUT2D eigenvalue weighted by Crippen LogP contribution is 2.16. The van der Waals surface area contributed by atoms with Crippen LogP contribution in [0.25, 0.3) is 0 Å². The lowest BCUT2D eigenvalue weighted by Crippen LogP contribution is -2.40. The predicted molar refractivity (Wildman–Crippen MR) is 35.2 cm³/mol. The van der Waals surface area contributed by atoms with Crippen molar-refractivity contribution in [2.24, 2.45) is 5.28 Å². The van der Waals surface area contributed by atoms with Gasteiger partial charge in [-0.2, -0.15) is 0 Å². The largest absolute Gasteiger partial charge is 0.569 e. The van der Waals surface area contributed by atoms with Crippen molar-refractivity contribution in [2.75, 3.05) is 6.54 Å². The maximum Gasteiger partial charge on any atom is 0.332 e. The van der Waals surface area contributed by atoms with Crippen LogP contribution in [-0.4, -0.2) is 38.8 Å². The number of carbonyl (C=O) groups is 1. The summed E-state index contributed by atoms with van der Waals surface area (Å²) >= 11 is 0. The van der Waals surface area contributed by atoms with Crippen molar-refractivity contribution in [3.63, 3.8) is 0 Å². The standard InChI is InChI=1S/C5H9N3O4/c9-5(10)4-2-1-3-7(4)8(12)6-11/h4,11H,1-3H2,(H,9,10)/b8-6-/t4-/m1/s1. The Morgan fingerprint density at radius 2 is 2.42 bits per heavy atom. The molecule has 0 bridgehead atoms. The van der Waals surface area contributed by atoms with E-state index in [-0.39, 0.29) is 4.97 Å². The third kappa shape index (κ3) is 1.39. The minimum atomic E-state index is -1.07. The summed E-state index contributed by atoms with van der Waals surface area (Å²) in [5, 5.41) is 30.7. The molecule has 0 amide bonds. The first kappa shape index (κ1) is 8.57. The number of aliphatic carboxylic acids is 1. The van der Waals surface area contributed by atoms with Crippen molar-refractivity contribution >= 4 is 5.97 Å². The van der Waals surface area contributed by atoms with Gasteiger partial charge >= 0.3 is 5.97 Å². The quantitative estimate of drug-likeness (QED) is 0.344. The van der Waals surface area contributed by atoms with E-state index in [2.05, 4.69) is 5.28 Å². The fourth-order valence-corrected chi connectivity index (χ4v) is 1.26. The third-order valence-corrected chi connectivity index (χ3v) is 1.81. The molecule has 2 N–H and O–H groups in total. The van der Waals surface area contributed by atoms with Gasteiger partial charge in [-0.25, -0.2) is 4.79 Å². The molecule has 1 saturated heterocycles. The second-order valence-electron chi connectivity index (χ2n) is 2.50. The zero-order valence-corrected chi connectivity index (χ0v) is 6.25. The molecule has 0 radical (unpaired) electrons. The van der Waals surface area contributed by atoms with E-state index in [0.29, 0.717) is 19.4 Å². The molecule has 7 nitrogen and oxygen atoms in total. The van der Waals surface area contributed by atoms with Gasteiger partial charge in [0.15, 0.2) is 6.04 Å². The van der Waals surface area contributed by atoms with Crippen molar-refractivity contribution in [1.82, 2.24) is 5.01 Å². The zero-order valence-electron chi connectivity index (χ0n) is 6.25. The lowest BCUT2D eigenvalue weighted by molar-refractivity contribution is -0.710. The minimum Gasteiger partial charge on any atom is -0.569 e. The molecule has 12 heavy (non-hydrogen) atoms. The highest BCUT2D eigenvalue weighted by Gasteiger charge is 2.36. The maximum atomic E-state index is 10.7. The van der Waals surface area contributed by atoms with E-state index in [1.807, 2.05) is 0 Å². The molecule has 1 fully saturated rings. The van der Waals surface area contributed by atoms with Crippen molar-refractivity contribution in [3.8, 4) is 0 Å².